The van der Waals surface area contributed by atoms with Crippen molar-refractivity contribution in [2.45, 2.75) is 51.6 Å². The van der Waals surface area contributed by atoms with Gasteiger partial charge in [-0.15, -0.1) is 0 Å². The number of hydrogen-bond donors (Lipinski definition) is 1. The van der Waals surface area contributed by atoms with Crippen molar-refractivity contribution in [2.24, 2.45) is 0 Å². The maximum absolute atomic E-state index is 5.99. The van der Waals surface area contributed by atoms with Crippen molar-refractivity contribution in [2.75, 3.05) is 12.3 Å². The smallest absolute Gasteiger partial charge is 0.0347 e. The highest BCUT2D eigenvalue weighted by Crippen LogP contribution is 2.23. The second-order valence-electron chi connectivity index (χ2n) is 5.32. The molecule has 1 heterocycles. The maximum Gasteiger partial charge on any atom is 0.0347 e. The highest BCUT2D eigenvalue weighted by atomic mass is 15.2. The molecule has 0 bridgehead atoms. The second kappa shape index (κ2) is 5.54. The van der Waals surface area contributed by atoms with Crippen molar-refractivity contribution >= 4 is 5.69 Å². The molecule has 2 unspecified atom stereocenters. The van der Waals surface area contributed by atoms with Crippen molar-refractivity contribution in [1.82, 2.24) is 4.90 Å². The Hall–Kier alpha value is -1.02. The van der Waals surface area contributed by atoms with Gasteiger partial charge in [-0.1, -0.05) is 24.6 Å². The molecule has 2 nitrogen and oxygen atoms in total. The number of anilines is 1. The van der Waals surface area contributed by atoms with Gasteiger partial charge in [0.25, 0.3) is 0 Å². The molecule has 2 atom stereocenters. The predicted octanol–water partition coefficient (Wildman–Crippen LogP) is 3.07. The van der Waals surface area contributed by atoms with Gasteiger partial charge in [0, 0.05) is 24.3 Å². The van der Waals surface area contributed by atoms with Crippen LogP contribution in [0.2, 0.25) is 0 Å². The van der Waals surface area contributed by atoms with Crippen LogP contribution in [-0.2, 0) is 6.42 Å². The Kier molecular flexibility index (Phi) is 4.06. The van der Waals surface area contributed by atoms with Gasteiger partial charge in [-0.3, -0.25) is 4.90 Å². The number of likely N-dealkylation sites (tertiary alicyclic amines) is 1. The highest BCUT2D eigenvalue weighted by Gasteiger charge is 2.23. The summed E-state index contributed by atoms with van der Waals surface area (Å²) in [6.45, 7) is 5.84. The molecule has 0 spiro atoms. The number of nitrogens with zero attached hydrogens (tertiary/aromatic N) is 1. The standard InChI is InChI=1S/C15H24N2/c1-12-6-5-7-13(2)17(12)11-10-14-8-3-4-9-15(14)16/h3-4,8-9,12-13H,5-7,10-11,16H2,1-2H3. The van der Waals surface area contributed by atoms with Crippen molar-refractivity contribution in [3.8, 4) is 0 Å². The summed E-state index contributed by atoms with van der Waals surface area (Å²) in [5.41, 5.74) is 8.21. The molecular weight excluding hydrogens is 208 g/mol. The van der Waals surface area contributed by atoms with Crippen LogP contribution < -0.4 is 5.73 Å². The molecule has 1 aliphatic heterocycles. The monoisotopic (exact) mass is 232 g/mol. The third-order valence-electron chi connectivity index (χ3n) is 4.07. The molecule has 0 amide bonds. The van der Waals surface area contributed by atoms with E-state index in [1.165, 1.54) is 24.8 Å². The summed E-state index contributed by atoms with van der Waals surface area (Å²) in [6.07, 6.45) is 5.14. The van der Waals surface area contributed by atoms with Gasteiger partial charge >= 0.3 is 0 Å². The van der Waals surface area contributed by atoms with E-state index in [0.29, 0.717) is 0 Å². The van der Waals surface area contributed by atoms with E-state index in [2.05, 4.69) is 30.9 Å². The Labute approximate surface area is 105 Å². The average molecular weight is 232 g/mol. The molecule has 2 N–H and O–H groups in total. The largest absolute Gasteiger partial charge is 0.399 e. The van der Waals surface area contributed by atoms with Gasteiger partial charge in [0.05, 0.1) is 0 Å². The van der Waals surface area contributed by atoms with E-state index in [9.17, 15) is 0 Å². The van der Waals surface area contributed by atoms with Crippen LogP contribution in [0, 0.1) is 0 Å². The normalized spacial score (nSPS) is 26.0. The van der Waals surface area contributed by atoms with Gasteiger partial charge in [0.2, 0.25) is 0 Å². The minimum Gasteiger partial charge on any atom is -0.399 e. The lowest BCUT2D eigenvalue weighted by Crippen LogP contribution is -2.44. The zero-order valence-electron chi connectivity index (χ0n) is 11.0. The molecule has 0 aliphatic carbocycles. The van der Waals surface area contributed by atoms with E-state index in [1.807, 2.05) is 12.1 Å². The molecule has 1 aromatic carbocycles. The third-order valence-corrected chi connectivity index (χ3v) is 4.07. The highest BCUT2D eigenvalue weighted by molar-refractivity contribution is 5.46. The summed E-state index contributed by atoms with van der Waals surface area (Å²) >= 11 is 0. The van der Waals surface area contributed by atoms with Crippen LogP contribution in [0.1, 0.15) is 38.7 Å². The fourth-order valence-electron chi connectivity index (χ4n) is 2.93. The van der Waals surface area contributed by atoms with E-state index >= 15 is 0 Å². The molecule has 2 heteroatoms. The fourth-order valence-corrected chi connectivity index (χ4v) is 2.93. The Bertz CT molecular complexity index is 352. The summed E-state index contributed by atoms with van der Waals surface area (Å²) in [7, 11) is 0. The number of nitrogen functional groups attached to an aromatic ring is 1. The summed E-state index contributed by atoms with van der Waals surface area (Å²) < 4.78 is 0. The van der Waals surface area contributed by atoms with Crippen molar-refractivity contribution in [3.05, 3.63) is 29.8 Å². The first kappa shape index (κ1) is 12.4. The van der Waals surface area contributed by atoms with Crippen LogP contribution in [0.5, 0.6) is 0 Å². The topological polar surface area (TPSA) is 29.3 Å². The molecule has 0 radical (unpaired) electrons. The molecule has 0 saturated carbocycles. The molecule has 1 aromatic rings. The van der Waals surface area contributed by atoms with Crippen LogP contribution in [0.25, 0.3) is 0 Å². The zero-order valence-corrected chi connectivity index (χ0v) is 11.0. The SMILES string of the molecule is CC1CCCC(C)N1CCc1ccccc1N. The minimum absolute atomic E-state index is 0.726. The van der Waals surface area contributed by atoms with E-state index in [4.69, 9.17) is 5.73 Å². The van der Waals surface area contributed by atoms with Gasteiger partial charge < -0.3 is 5.73 Å². The molecular formula is C15H24N2. The Morgan fingerprint density at radius 1 is 1.18 bits per heavy atom. The van der Waals surface area contributed by atoms with Crippen LogP contribution in [0.4, 0.5) is 5.69 Å². The third kappa shape index (κ3) is 3.01. The lowest BCUT2D eigenvalue weighted by Gasteiger charge is -2.39. The second-order valence-corrected chi connectivity index (χ2v) is 5.32. The van der Waals surface area contributed by atoms with E-state index in [-0.39, 0.29) is 0 Å². The number of para-hydroxylation sites is 1. The quantitative estimate of drug-likeness (QED) is 0.812. The molecule has 0 aromatic heterocycles. The van der Waals surface area contributed by atoms with Crippen molar-refractivity contribution in [1.29, 1.82) is 0 Å². The van der Waals surface area contributed by atoms with E-state index in [0.717, 1.165) is 30.7 Å². The van der Waals surface area contributed by atoms with Crippen molar-refractivity contribution in [3.63, 3.8) is 0 Å². The Balaban J connectivity index is 1.95. The molecule has 1 fully saturated rings. The van der Waals surface area contributed by atoms with Crippen LogP contribution >= 0.6 is 0 Å². The average Bonchev–Trinajstić information content (AvgIpc) is 2.30. The predicted molar refractivity (Wildman–Crippen MR) is 74.0 cm³/mol. The lowest BCUT2D eigenvalue weighted by molar-refractivity contribution is 0.105. The number of hydrogen-bond acceptors (Lipinski definition) is 2. The van der Waals surface area contributed by atoms with Gasteiger partial charge in [0.15, 0.2) is 0 Å². The van der Waals surface area contributed by atoms with Crippen molar-refractivity contribution < 1.29 is 0 Å². The fraction of sp³-hybridized carbons (Fsp3) is 0.600. The number of rotatable bonds is 3. The number of nitrogens with two attached hydrogens (primary N) is 1. The number of benzene rings is 1. The minimum atomic E-state index is 0.726. The Morgan fingerprint density at radius 3 is 2.47 bits per heavy atom. The first-order valence-electron chi connectivity index (χ1n) is 6.77. The zero-order chi connectivity index (χ0) is 12.3. The van der Waals surface area contributed by atoms with E-state index in [1.54, 1.807) is 0 Å². The summed E-state index contributed by atoms with van der Waals surface area (Å²) in [6, 6.07) is 9.68. The first-order chi connectivity index (χ1) is 8.18. The van der Waals surface area contributed by atoms with Crippen LogP contribution in [0.15, 0.2) is 24.3 Å². The molecule has 94 valence electrons. The first-order valence-corrected chi connectivity index (χ1v) is 6.77. The summed E-state index contributed by atoms with van der Waals surface area (Å²) in [5, 5.41) is 0. The van der Waals surface area contributed by atoms with Crippen LogP contribution in [0.3, 0.4) is 0 Å². The van der Waals surface area contributed by atoms with Gasteiger partial charge in [-0.05, 0) is 44.7 Å². The molecule has 1 saturated heterocycles. The van der Waals surface area contributed by atoms with Gasteiger partial charge in [-0.2, -0.15) is 0 Å². The maximum atomic E-state index is 5.99. The summed E-state index contributed by atoms with van der Waals surface area (Å²) in [5.74, 6) is 0. The molecule has 1 aliphatic rings. The van der Waals surface area contributed by atoms with Gasteiger partial charge in [0.1, 0.15) is 0 Å². The Morgan fingerprint density at radius 2 is 1.82 bits per heavy atom. The van der Waals surface area contributed by atoms with E-state index < -0.39 is 0 Å². The van der Waals surface area contributed by atoms with Gasteiger partial charge in [-0.25, -0.2) is 0 Å². The number of piperidine rings is 1. The molecule has 2 rings (SSSR count). The van der Waals surface area contributed by atoms with Crippen LogP contribution in [-0.4, -0.2) is 23.5 Å². The lowest BCUT2D eigenvalue weighted by atomic mass is 9.96. The summed E-state index contributed by atoms with van der Waals surface area (Å²) in [4.78, 5) is 2.63. The molecule has 17 heavy (non-hydrogen) atoms.